The van der Waals surface area contributed by atoms with Crippen LogP contribution in [-0.2, 0) is 9.53 Å². The third-order valence-corrected chi connectivity index (χ3v) is 2.61. The van der Waals surface area contributed by atoms with E-state index in [2.05, 4.69) is 0 Å². The minimum absolute atomic E-state index is 0.138. The molecule has 0 unspecified atom stereocenters. The first kappa shape index (κ1) is 8.72. The maximum absolute atomic E-state index is 11.0. The van der Waals surface area contributed by atoms with Crippen LogP contribution < -0.4 is 0 Å². The second-order valence-electron chi connectivity index (χ2n) is 3.38. The van der Waals surface area contributed by atoms with Crippen molar-refractivity contribution in [1.29, 1.82) is 0 Å². The van der Waals surface area contributed by atoms with Crippen LogP contribution in [0.5, 0.6) is 0 Å². The molecule has 0 aromatic carbocycles. The number of hydrogen-bond donors (Lipinski definition) is 1. The Balaban J connectivity index is 2.12. The van der Waals surface area contributed by atoms with E-state index in [4.69, 9.17) is 4.74 Å². The number of aliphatic hydroxyl groups excluding tert-OH is 1. The second-order valence-corrected chi connectivity index (χ2v) is 3.38. The van der Waals surface area contributed by atoms with E-state index in [0.29, 0.717) is 18.8 Å². The van der Waals surface area contributed by atoms with Crippen molar-refractivity contribution in [2.45, 2.75) is 13.0 Å². The number of hydrogen-bond acceptors (Lipinski definition) is 4. The monoisotopic (exact) mass is 183 g/mol. The molecule has 1 N–H and O–H groups in total. The number of ketones is 1. The largest absolute Gasteiger partial charge is 0.379 e. The topological polar surface area (TPSA) is 49.8 Å². The standard InChI is InChI=1S/C9H13NO3/c1-6-7(9(12)8(6)11)10-2-4-13-5-3-10/h9,12H,2-5H2,1H3/t9-/m0/s1. The van der Waals surface area contributed by atoms with E-state index < -0.39 is 6.10 Å². The van der Waals surface area contributed by atoms with Crippen molar-refractivity contribution in [2.75, 3.05) is 26.3 Å². The zero-order valence-corrected chi connectivity index (χ0v) is 7.62. The van der Waals surface area contributed by atoms with Gasteiger partial charge in [-0.25, -0.2) is 0 Å². The number of aliphatic hydroxyl groups is 1. The van der Waals surface area contributed by atoms with E-state index in [9.17, 15) is 9.90 Å². The van der Waals surface area contributed by atoms with Crippen LogP contribution in [0.25, 0.3) is 0 Å². The molecule has 0 spiro atoms. The maximum Gasteiger partial charge on any atom is 0.194 e. The highest BCUT2D eigenvalue weighted by Crippen LogP contribution is 2.27. The van der Waals surface area contributed by atoms with Crippen molar-refractivity contribution < 1.29 is 14.6 Å². The fraction of sp³-hybridized carbons (Fsp3) is 0.667. The van der Waals surface area contributed by atoms with Crippen LogP contribution in [0.15, 0.2) is 11.3 Å². The molecule has 72 valence electrons. The van der Waals surface area contributed by atoms with Gasteiger partial charge < -0.3 is 14.7 Å². The van der Waals surface area contributed by atoms with Crippen LogP contribution in [0.3, 0.4) is 0 Å². The molecule has 1 saturated heterocycles. The van der Waals surface area contributed by atoms with Crippen molar-refractivity contribution in [3.63, 3.8) is 0 Å². The Hall–Kier alpha value is -0.870. The van der Waals surface area contributed by atoms with Gasteiger partial charge in [-0.15, -0.1) is 0 Å². The van der Waals surface area contributed by atoms with Gasteiger partial charge in [-0.1, -0.05) is 0 Å². The van der Waals surface area contributed by atoms with Crippen LogP contribution >= 0.6 is 0 Å². The Morgan fingerprint density at radius 3 is 2.62 bits per heavy atom. The van der Waals surface area contributed by atoms with E-state index in [1.807, 2.05) is 4.90 Å². The van der Waals surface area contributed by atoms with Crippen molar-refractivity contribution in [1.82, 2.24) is 4.90 Å². The fourth-order valence-electron chi connectivity index (χ4n) is 1.80. The summed E-state index contributed by atoms with van der Waals surface area (Å²) in [6.45, 7) is 4.67. The van der Waals surface area contributed by atoms with Gasteiger partial charge in [0.1, 0.15) is 0 Å². The molecule has 0 bridgehead atoms. The number of nitrogens with zero attached hydrogens (tertiary/aromatic N) is 1. The van der Waals surface area contributed by atoms with Gasteiger partial charge in [0.25, 0.3) is 0 Å². The summed E-state index contributed by atoms with van der Waals surface area (Å²) >= 11 is 0. The van der Waals surface area contributed by atoms with E-state index in [-0.39, 0.29) is 5.78 Å². The van der Waals surface area contributed by atoms with Crippen molar-refractivity contribution in [3.8, 4) is 0 Å². The molecule has 1 fully saturated rings. The molecular weight excluding hydrogens is 170 g/mol. The zero-order valence-electron chi connectivity index (χ0n) is 7.62. The van der Waals surface area contributed by atoms with Gasteiger partial charge in [-0.05, 0) is 6.92 Å². The molecular formula is C9H13NO3. The molecule has 0 aromatic heterocycles. The van der Waals surface area contributed by atoms with Crippen LogP contribution in [-0.4, -0.2) is 48.2 Å². The van der Waals surface area contributed by atoms with E-state index >= 15 is 0 Å². The van der Waals surface area contributed by atoms with E-state index in [1.54, 1.807) is 6.92 Å². The molecule has 1 aliphatic heterocycles. The Morgan fingerprint density at radius 1 is 1.46 bits per heavy atom. The molecule has 1 heterocycles. The SMILES string of the molecule is CC1=C(N2CCOCC2)[C@H](O)C1=O. The fourth-order valence-corrected chi connectivity index (χ4v) is 1.80. The number of ether oxygens (including phenoxy) is 1. The second kappa shape index (κ2) is 3.12. The molecule has 13 heavy (non-hydrogen) atoms. The van der Waals surface area contributed by atoms with Gasteiger partial charge in [0.05, 0.1) is 18.9 Å². The Bertz CT molecular complexity index is 266. The highest BCUT2D eigenvalue weighted by molar-refractivity contribution is 6.07. The van der Waals surface area contributed by atoms with Gasteiger partial charge in [-0.2, -0.15) is 0 Å². The summed E-state index contributed by atoms with van der Waals surface area (Å²) in [6.07, 6.45) is -0.877. The minimum atomic E-state index is -0.877. The van der Waals surface area contributed by atoms with E-state index in [1.165, 1.54) is 0 Å². The summed E-state index contributed by atoms with van der Waals surface area (Å²) in [5.41, 5.74) is 1.50. The first-order valence-electron chi connectivity index (χ1n) is 4.47. The first-order chi connectivity index (χ1) is 6.22. The number of morpholine rings is 1. The van der Waals surface area contributed by atoms with Gasteiger partial charge in [0, 0.05) is 18.7 Å². The van der Waals surface area contributed by atoms with Crippen LogP contribution in [0.1, 0.15) is 6.92 Å². The summed E-state index contributed by atoms with van der Waals surface area (Å²) in [5, 5.41) is 9.41. The lowest BCUT2D eigenvalue weighted by atomic mass is 9.89. The lowest BCUT2D eigenvalue weighted by Crippen LogP contribution is -2.48. The lowest BCUT2D eigenvalue weighted by Gasteiger charge is -2.38. The van der Waals surface area contributed by atoms with Gasteiger partial charge >= 0.3 is 0 Å². The van der Waals surface area contributed by atoms with Gasteiger partial charge in [0.2, 0.25) is 0 Å². The average molecular weight is 183 g/mol. The molecule has 0 amide bonds. The molecule has 4 nitrogen and oxygen atoms in total. The summed E-state index contributed by atoms with van der Waals surface area (Å²) in [4.78, 5) is 13.1. The summed E-state index contributed by atoms with van der Waals surface area (Å²) < 4.78 is 5.18. The summed E-state index contributed by atoms with van der Waals surface area (Å²) in [5.74, 6) is -0.138. The Morgan fingerprint density at radius 2 is 2.08 bits per heavy atom. The minimum Gasteiger partial charge on any atom is -0.379 e. The van der Waals surface area contributed by atoms with Crippen molar-refractivity contribution >= 4 is 5.78 Å². The highest BCUT2D eigenvalue weighted by atomic mass is 16.5. The van der Waals surface area contributed by atoms with Crippen LogP contribution in [0.2, 0.25) is 0 Å². The Kier molecular flexibility index (Phi) is 2.09. The smallest absolute Gasteiger partial charge is 0.194 e. The molecule has 1 atom stereocenters. The third-order valence-electron chi connectivity index (χ3n) is 2.61. The van der Waals surface area contributed by atoms with Gasteiger partial charge in [-0.3, -0.25) is 4.79 Å². The Labute approximate surface area is 76.8 Å². The molecule has 1 aliphatic carbocycles. The van der Waals surface area contributed by atoms with Gasteiger partial charge in [0.15, 0.2) is 11.9 Å². The van der Waals surface area contributed by atoms with E-state index in [0.717, 1.165) is 18.8 Å². The quantitative estimate of drug-likeness (QED) is 0.597. The molecule has 0 radical (unpaired) electrons. The first-order valence-corrected chi connectivity index (χ1v) is 4.47. The summed E-state index contributed by atoms with van der Waals surface area (Å²) in [7, 11) is 0. The normalized spacial score (nSPS) is 29.2. The molecule has 2 aliphatic rings. The molecule has 0 saturated carbocycles. The number of carbonyl (C=O) groups is 1. The average Bonchev–Trinajstić information content (AvgIpc) is 2.19. The number of rotatable bonds is 1. The predicted octanol–water partition coefficient (Wildman–Crippen LogP) is -0.464. The van der Waals surface area contributed by atoms with Crippen LogP contribution in [0, 0.1) is 0 Å². The predicted molar refractivity (Wildman–Crippen MR) is 46.1 cm³/mol. The van der Waals surface area contributed by atoms with Crippen molar-refractivity contribution in [2.24, 2.45) is 0 Å². The zero-order chi connectivity index (χ0) is 9.42. The lowest BCUT2D eigenvalue weighted by molar-refractivity contribution is -0.126. The number of carbonyl (C=O) groups excluding carboxylic acids is 1. The third kappa shape index (κ3) is 1.26. The summed E-state index contributed by atoms with van der Waals surface area (Å²) in [6, 6.07) is 0. The van der Waals surface area contributed by atoms with Crippen LogP contribution in [0.4, 0.5) is 0 Å². The maximum atomic E-state index is 11.0. The number of Topliss-reactive ketones (excluding diaryl/α,β-unsaturated/α-hetero) is 1. The highest BCUT2D eigenvalue weighted by Gasteiger charge is 2.38. The molecule has 2 rings (SSSR count). The molecule has 4 heteroatoms. The van der Waals surface area contributed by atoms with Crippen molar-refractivity contribution in [3.05, 3.63) is 11.3 Å². The molecule has 0 aromatic rings.